The molecule has 1 aliphatic rings. The fourth-order valence-corrected chi connectivity index (χ4v) is 5.35. The number of anilines is 1. The average Bonchev–Trinajstić information content (AvgIpc) is 3.38. The number of aliphatic hydroxyl groups excluding tert-OH is 1. The molecule has 0 spiro atoms. The number of amides is 1. The van der Waals surface area contributed by atoms with E-state index in [0.717, 1.165) is 11.3 Å². The van der Waals surface area contributed by atoms with Crippen LogP contribution in [-0.4, -0.2) is 33.4 Å². The van der Waals surface area contributed by atoms with Crippen LogP contribution in [0.5, 0.6) is 5.75 Å². The summed E-state index contributed by atoms with van der Waals surface area (Å²) in [6.07, 6.45) is 3.03. The first-order chi connectivity index (χ1) is 17.3. The van der Waals surface area contributed by atoms with Gasteiger partial charge in [0.2, 0.25) is 0 Å². The molecule has 1 unspecified atom stereocenters. The fraction of sp³-hybridized carbons (Fsp3) is 0.120. The molecule has 0 bridgehead atoms. The number of carbonyl (C=O) groups is 2. The lowest BCUT2D eigenvalue weighted by Gasteiger charge is -2.22. The lowest BCUT2D eigenvalue weighted by molar-refractivity contribution is -0.132. The van der Waals surface area contributed by atoms with Crippen molar-refractivity contribution < 1.29 is 23.8 Å². The predicted octanol–water partition coefficient (Wildman–Crippen LogP) is 6.16. The van der Waals surface area contributed by atoms with Gasteiger partial charge in [0.25, 0.3) is 5.78 Å². The Morgan fingerprint density at radius 1 is 1.19 bits per heavy atom. The summed E-state index contributed by atoms with van der Waals surface area (Å²) in [5.41, 5.74) is 0.763. The number of halogens is 3. The van der Waals surface area contributed by atoms with E-state index in [2.05, 4.69) is 9.97 Å². The Morgan fingerprint density at radius 2 is 2.00 bits per heavy atom. The van der Waals surface area contributed by atoms with Crippen molar-refractivity contribution in [2.75, 3.05) is 11.5 Å². The number of ether oxygens (including phenoxy) is 1. The zero-order valence-corrected chi connectivity index (χ0v) is 20.9. The molecule has 1 N–H and O–H groups in total. The summed E-state index contributed by atoms with van der Waals surface area (Å²) >= 11 is 13.3. The van der Waals surface area contributed by atoms with Crippen LogP contribution in [0.3, 0.4) is 0 Å². The summed E-state index contributed by atoms with van der Waals surface area (Å²) in [6, 6.07) is 9.48. The molecule has 11 heteroatoms. The molecule has 0 aliphatic carbocycles. The van der Waals surface area contributed by atoms with Gasteiger partial charge in [-0.3, -0.25) is 19.5 Å². The summed E-state index contributed by atoms with van der Waals surface area (Å²) < 4.78 is 20.0. The van der Waals surface area contributed by atoms with Gasteiger partial charge in [0.15, 0.2) is 5.13 Å². The van der Waals surface area contributed by atoms with E-state index < -0.39 is 29.3 Å². The number of Topliss-reactive ketones (excluding diaryl/α,β-unsaturated/α-hetero) is 1. The third-order valence-electron chi connectivity index (χ3n) is 5.57. The number of ketones is 1. The Bertz CT molecular complexity index is 1520. The Balaban J connectivity index is 1.73. The van der Waals surface area contributed by atoms with Gasteiger partial charge < -0.3 is 9.84 Å². The first-order valence-electron chi connectivity index (χ1n) is 10.7. The van der Waals surface area contributed by atoms with Crippen LogP contribution in [0.15, 0.2) is 60.4 Å². The fourth-order valence-electron chi connectivity index (χ4n) is 3.98. The number of hydrogen-bond donors (Lipinski definition) is 1. The highest BCUT2D eigenvalue weighted by molar-refractivity contribution is 7.22. The Kier molecular flexibility index (Phi) is 6.38. The van der Waals surface area contributed by atoms with Crippen molar-refractivity contribution in [3.63, 3.8) is 0 Å². The molecule has 182 valence electrons. The van der Waals surface area contributed by atoms with Crippen molar-refractivity contribution >= 4 is 67.3 Å². The molecule has 5 rings (SSSR count). The summed E-state index contributed by atoms with van der Waals surface area (Å²) in [5.74, 6) is -2.50. The molecule has 2 aromatic heterocycles. The third-order valence-corrected chi connectivity index (χ3v) is 7.21. The van der Waals surface area contributed by atoms with Crippen LogP contribution in [0.25, 0.3) is 16.0 Å². The molecule has 0 radical (unpaired) electrons. The van der Waals surface area contributed by atoms with E-state index >= 15 is 0 Å². The summed E-state index contributed by atoms with van der Waals surface area (Å²) in [5, 5.41) is 11.5. The molecule has 1 aliphatic heterocycles. The predicted molar refractivity (Wildman–Crippen MR) is 136 cm³/mol. The number of aliphatic hydroxyl groups is 1. The molecule has 2 aromatic carbocycles. The van der Waals surface area contributed by atoms with Crippen molar-refractivity contribution in [3.8, 4) is 5.75 Å². The minimum Gasteiger partial charge on any atom is -0.507 e. The molecule has 7 nitrogen and oxygen atoms in total. The molecule has 4 aromatic rings. The number of benzene rings is 2. The second kappa shape index (κ2) is 9.50. The van der Waals surface area contributed by atoms with Gasteiger partial charge in [-0.1, -0.05) is 40.6 Å². The normalized spacial score (nSPS) is 17.2. The molecular formula is C25H16Cl2FN3O4S. The first-order valence-corrected chi connectivity index (χ1v) is 12.3. The van der Waals surface area contributed by atoms with Gasteiger partial charge in [0, 0.05) is 18.0 Å². The van der Waals surface area contributed by atoms with Crippen LogP contribution < -0.4 is 9.64 Å². The standard InChI is InChI=1S/C25H16Cl2FN3O4S/c1-2-35-13-5-6-15(26)14(8-13)22(32)20-21(12-4-3-7-29-11-12)31(24(34)23(20)33)25-30-18-9-16(27)17(28)10-19(18)36-25/h3-11,21,32H,2H2,1H3/b22-20+. The van der Waals surface area contributed by atoms with Crippen LogP contribution in [0.4, 0.5) is 9.52 Å². The van der Waals surface area contributed by atoms with E-state index in [-0.39, 0.29) is 26.3 Å². The van der Waals surface area contributed by atoms with Gasteiger partial charge in [0.05, 0.1) is 38.5 Å². The molecule has 1 fully saturated rings. The minimum absolute atomic E-state index is 0.117. The van der Waals surface area contributed by atoms with Crippen molar-refractivity contribution in [2.45, 2.75) is 13.0 Å². The maximum atomic E-state index is 14.0. The minimum atomic E-state index is -1.06. The SMILES string of the molecule is CCOc1ccc(Cl)c(/C(O)=C2\C(=O)C(=O)N(c3nc4cc(Cl)c(F)cc4s3)C2c2cccnc2)c1. The third kappa shape index (κ3) is 4.09. The van der Waals surface area contributed by atoms with Gasteiger partial charge in [0.1, 0.15) is 17.3 Å². The number of nitrogens with zero attached hydrogens (tertiary/aromatic N) is 3. The molecule has 1 atom stereocenters. The topological polar surface area (TPSA) is 92.6 Å². The lowest BCUT2D eigenvalue weighted by Crippen LogP contribution is -2.29. The molecule has 3 heterocycles. The molecule has 36 heavy (non-hydrogen) atoms. The zero-order chi connectivity index (χ0) is 25.6. The van der Waals surface area contributed by atoms with Crippen molar-refractivity contribution in [3.05, 3.63) is 87.4 Å². The van der Waals surface area contributed by atoms with Crippen molar-refractivity contribution in [1.82, 2.24) is 9.97 Å². The Labute approximate surface area is 218 Å². The number of hydrogen-bond acceptors (Lipinski definition) is 7. The lowest BCUT2D eigenvalue weighted by atomic mass is 9.96. The summed E-state index contributed by atoms with van der Waals surface area (Å²) in [7, 11) is 0. The second-order valence-corrected chi connectivity index (χ2v) is 9.58. The number of rotatable bonds is 5. The highest BCUT2D eigenvalue weighted by atomic mass is 35.5. The van der Waals surface area contributed by atoms with Crippen molar-refractivity contribution in [1.29, 1.82) is 0 Å². The maximum Gasteiger partial charge on any atom is 0.301 e. The molecule has 1 saturated heterocycles. The number of aromatic nitrogens is 2. The second-order valence-electron chi connectivity index (χ2n) is 7.76. The monoisotopic (exact) mass is 543 g/mol. The van der Waals surface area contributed by atoms with E-state index in [0.29, 0.717) is 28.1 Å². The van der Waals surface area contributed by atoms with Crippen molar-refractivity contribution in [2.24, 2.45) is 0 Å². The van der Waals surface area contributed by atoms with Gasteiger partial charge in [-0.2, -0.15) is 0 Å². The van der Waals surface area contributed by atoms with Crippen LogP contribution in [0.1, 0.15) is 24.1 Å². The summed E-state index contributed by atoms with van der Waals surface area (Å²) in [6.45, 7) is 2.18. The largest absolute Gasteiger partial charge is 0.507 e. The quantitative estimate of drug-likeness (QED) is 0.184. The highest BCUT2D eigenvalue weighted by Gasteiger charge is 2.48. The van der Waals surface area contributed by atoms with Crippen LogP contribution >= 0.6 is 34.5 Å². The molecular weight excluding hydrogens is 528 g/mol. The van der Waals surface area contributed by atoms with Crippen LogP contribution in [0.2, 0.25) is 10.0 Å². The average molecular weight is 544 g/mol. The molecule has 1 amide bonds. The van der Waals surface area contributed by atoms with Gasteiger partial charge in [-0.25, -0.2) is 9.37 Å². The van der Waals surface area contributed by atoms with Crippen LogP contribution in [-0.2, 0) is 9.59 Å². The molecule has 0 saturated carbocycles. The van der Waals surface area contributed by atoms with E-state index in [9.17, 15) is 19.1 Å². The number of pyridine rings is 1. The van der Waals surface area contributed by atoms with Gasteiger partial charge in [-0.05, 0) is 48.9 Å². The van der Waals surface area contributed by atoms with Crippen LogP contribution in [0, 0.1) is 5.82 Å². The Morgan fingerprint density at radius 3 is 2.72 bits per heavy atom. The maximum absolute atomic E-state index is 14.0. The van der Waals surface area contributed by atoms with E-state index in [1.54, 1.807) is 31.3 Å². The van der Waals surface area contributed by atoms with E-state index in [1.165, 1.54) is 35.4 Å². The first kappa shape index (κ1) is 24.2. The highest BCUT2D eigenvalue weighted by Crippen LogP contribution is 2.45. The number of thiazole rings is 1. The van der Waals surface area contributed by atoms with Gasteiger partial charge >= 0.3 is 5.91 Å². The zero-order valence-electron chi connectivity index (χ0n) is 18.5. The van der Waals surface area contributed by atoms with E-state index in [1.807, 2.05) is 0 Å². The Hall–Kier alpha value is -3.53. The van der Waals surface area contributed by atoms with Gasteiger partial charge in [-0.15, -0.1) is 0 Å². The van der Waals surface area contributed by atoms with E-state index in [4.69, 9.17) is 27.9 Å². The smallest absolute Gasteiger partial charge is 0.301 e. The number of fused-ring (bicyclic) bond motifs is 1. The number of carbonyl (C=O) groups excluding carboxylic acids is 2. The summed E-state index contributed by atoms with van der Waals surface area (Å²) in [4.78, 5) is 36.4.